The lowest BCUT2D eigenvalue weighted by Gasteiger charge is -2.10. The Hall–Kier alpha value is -2.08. The molecule has 1 aromatic carbocycles. The molecule has 110 valence electrons. The van der Waals surface area contributed by atoms with E-state index in [1.807, 2.05) is 32.0 Å². The molecule has 1 rings (SSSR count). The highest BCUT2D eigenvalue weighted by atomic mass is 16.5. The number of carboxylic acid groups (broad SMARTS) is 1. The zero-order chi connectivity index (χ0) is 15.1. The molecule has 6 heteroatoms. The third-order valence-electron chi connectivity index (χ3n) is 2.57. The van der Waals surface area contributed by atoms with Gasteiger partial charge in [0.25, 0.3) is 0 Å². The molecule has 1 amide bonds. The quantitative estimate of drug-likeness (QED) is 0.681. The van der Waals surface area contributed by atoms with Crippen molar-refractivity contribution in [1.82, 2.24) is 5.32 Å². The van der Waals surface area contributed by atoms with E-state index in [9.17, 15) is 9.59 Å². The molecule has 1 aromatic rings. The fourth-order valence-electron chi connectivity index (χ4n) is 1.66. The first kappa shape index (κ1) is 16.0. The van der Waals surface area contributed by atoms with E-state index in [0.29, 0.717) is 5.75 Å². The second-order valence-electron chi connectivity index (χ2n) is 4.58. The maximum absolute atomic E-state index is 11.4. The smallest absolute Gasteiger partial charge is 0.334 e. The van der Waals surface area contributed by atoms with E-state index in [2.05, 4.69) is 5.32 Å². The van der Waals surface area contributed by atoms with Gasteiger partial charge in [0, 0.05) is 0 Å². The number of carbonyl (C=O) groups excluding carboxylic acids is 1. The average Bonchev–Trinajstić information content (AvgIpc) is 2.34. The van der Waals surface area contributed by atoms with E-state index in [-0.39, 0.29) is 25.5 Å². The van der Waals surface area contributed by atoms with Crippen molar-refractivity contribution in [1.29, 1.82) is 0 Å². The molecular weight excluding hydrogens is 262 g/mol. The summed E-state index contributed by atoms with van der Waals surface area (Å²) < 4.78 is 5.45. The summed E-state index contributed by atoms with van der Waals surface area (Å²) in [7, 11) is 0. The predicted octanol–water partition coefficient (Wildman–Crippen LogP) is 0.634. The molecule has 6 nitrogen and oxygen atoms in total. The zero-order valence-electron chi connectivity index (χ0n) is 11.5. The molecule has 0 aliphatic heterocycles. The van der Waals surface area contributed by atoms with Crippen LogP contribution < -0.4 is 10.1 Å². The highest BCUT2D eigenvalue weighted by Crippen LogP contribution is 2.16. The van der Waals surface area contributed by atoms with Gasteiger partial charge in [0.05, 0.1) is 19.6 Å². The molecule has 0 unspecified atom stereocenters. The van der Waals surface area contributed by atoms with Crippen molar-refractivity contribution in [2.24, 2.45) is 0 Å². The summed E-state index contributed by atoms with van der Waals surface area (Å²) in [6.45, 7) is 3.80. The van der Waals surface area contributed by atoms with E-state index >= 15 is 0 Å². The second kappa shape index (κ2) is 7.49. The normalized spacial score (nSPS) is 11.8. The Morgan fingerprint density at radius 1 is 1.25 bits per heavy atom. The molecule has 3 N–H and O–H groups in total. The first-order valence-corrected chi connectivity index (χ1v) is 6.27. The third kappa shape index (κ3) is 5.71. The summed E-state index contributed by atoms with van der Waals surface area (Å²) in [4.78, 5) is 21.7. The van der Waals surface area contributed by atoms with Crippen LogP contribution in [0.3, 0.4) is 0 Å². The van der Waals surface area contributed by atoms with Gasteiger partial charge in [-0.1, -0.05) is 6.07 Å². The monoisotopic (exact) mass is 281 g/mol. The average molecular weight is 281 g/mol. The van der Waals surface area contributed by atoms with Gasteiger partial charge in [-0.25, -0.2) is 4.79 Å². The van der Waals surface area contributed by atoms with Crippen LogP contribution in [0.2, 0.25) is 0 Å². The molecule has 0 saturated heterocycles. The summed E-state index contributed by atoms with van der Waals surface area (Å²) in [5.41, 5.74) is 2.16. The lowest BCUT2D eigenvalue weighted by molar-refractivity contribution is -0.146. The highest BCUT2D eigenvalue weighted by Gasteiger charge is 2.13. The Kier molecular flexibility index (Phi) is 5.99. The van der Waals surface area contributed by atoms with Crippen LogP contribution in [0.25, 0.3) is 0 Å². The van der Waals surface area contributed by atoms with Crippen LogP contribution in [0.15, 0.2) is 18.2 Å². The molecule has 0 bridgehead atoms. The van der Waals surface area contributed by atoms with E-state index in [0.717, 1.165) is 11.1 Å². The number of aliphatic hydroxyl groups is 1. The molecule has 0 radical (unpaired) electrons. The van der Waals surface area contributed by atoms with E-state index in [1.165, 1.54) is 0 Å². The minimum Gasteiger partial charge on any atom is -0.493 e. The third-order valence-corrected chi connectivity index (χ3v) is 2.57. The van der Waals surface area contributed by atoms with E-state index < -0.39 is 12.1 Å². The topological polar surface area (TPSA) is 95.9 Å². The van der Waals surface area contributed by atoms with Crippen molar-refractivity contribution in [2.75, 3.05) is 13.2 Å². The minimum atomic E-state index is -1.58. The van der Waals surface area contributed by atoms with Crippen molar-refractivity contribution in [2.45, 2.75) is 26.4 Å². The fraction of sp³-hybridized carbons (Fsp3) is 0.429. The molecule has 0 aliphatic rings. The van der Waals surface area contributed by atoms with Crippen molar-refractivity contribution in [3.05, 3.63) is 29.3 Å². The summed E-state index contributed by atoms with van der Waals surface area (Å²) in [5, 5.41) is 19.8. The van der Waals surface area contributed by atoms with Crippen molar-refractivity contribution in [3.8, 4) is 5.75 Å². The van der Waals surface area contributed by atoms with Gasteiger partial charge in [-0.2, -0.15) is 0 Å². The summed E-state index contributed by atoms with van der Waals surface area (Å²) in [6, 6.07) is 5.77. The minimum absolute atomic E-state index is 0.0966. The van der Waals surface area contributed by atoms with Crippen molar-refractivity contribution < 1.29 is 24.5 Å². The largest absolute Gasteiger partial charge is 0.493 e. The van der Waals surface area contributed by atoms with Crippen LogP contribution in [0.1, 0.15) is 17.5 Å². The van der Waals surface area contributed by atoms with Gasteiger partial charge in [0.2, 0.25) is 5.91 Å². The molecule has 0 fully saturated rings. The maximum atomic E-state index is 11.4. The number of nitrogens with one attached hydrogen (secondary N) is 1. The lowest BCUT2D eigenvalue weighted by atomic mass is 10.1. The van der Waals surface area contributed by atoms with Gasteiger partial charge >= 0.3 is 5.97 Å². The molecule has 0 heterocycles. The number of aryl methyl sites for hydroxylation is 2. The van der Waals surface area contributed by atoms with Gasteiger partial charge in [0.1, 0.15) is 5.75 Å². The number of ether oxygens (including phenoxy) is 1. The van der Waals surface area contributed by atoms with Crippen LogP contribution in [0.5, 0.6) is 5.75 Å². The molecular formula is C14H19NO5. The number of aliphatic hydroxyl groups excluding tert-OH is 1. The second-order valence-corrected chi connectivity index (χ2v) is 4.58. The molecule has 1 atom stereocenters. The Bertz CT molecular complexity index is 466. The first-order chi connectivity index (χ1) is 9.38. The Morgan fingerprint density at radius 2 is 1.85 bits per heavy atom. The van der Waals surface area contributed by atoms with Crippen LogP contribution in [-0.4, -0.2) is 41.3 Å². The number of carboxylic acids is 1. The van der Waals surface area contributed by atoms with Gasteiger partial charge in [-0.05, 0) is 37.1 Å². The number of carbonyl (C=O) groups is 2. The van der Waals surface area contributed by atoms with E-state index in [1.54, 1.807) is 0 Å². The number of benzene rings is 1. The number of hydrogen-bond donors (Lipinski definition) is 3. The van der Waals surface area contributed by atoms with E-state index in [4.69, 9.17) is 14.9 Å². The molecule has 0 spiro atoms. The SMILES string of the molecule is Cc1cc(C)cc(OCCC(=O)NC[C@H](O)C(=O)O)c1. The number of hydrogen-bond acceptors (Lipinski definition) is 4. The highest BCUT2D eigenvalue weighted by molar-refractivity contribution is 5.78. The van der Waals surface area contributed by atoms with Crippen molar-refractivity contribution in [3.63, 3.8) is 0 Å². The van der Waals surface area contributed by atoms with Crippen LogP contribution in [-0.2, 0) is 9.59 Å². The fourth-order valence-corrected chi connectivity index (χ4v) is 1.66. The Labute approximate surface area is 117 Å². The Morgan fingerprint density at radius 3 is 2.40 bits per heavy atom. The zero-order valence-corrected chi connectivity index (χ0v) is 11.5. The standard InChI is InChI=1S/C14H19NO5/c1-9-5-10(2)7-11(6-9)20-4-3-13(17)15-8-12(16)14(18)19/h5-7,12,16H,3-4,8H2,1-2H3,(H,15,17)(H,18,19)/t12-/m0/s1. The Balaban J connectivity index is 2.30. The van der Waals surface area contributed by atoms with Gasteiger partial charge in [-0.3, -0.25) is 4.79 Å². The summed E-state index contributed by atoms with van der Waals surface area (Å²) >= 11 is 0. The molecule has 0 saturated carbocycles. The number of aliphatic carboxylic acids is 1. The lowest BCUT2D eigenvalue weighted by Crippen LogP contribution is -2.36. The molecule has 0 aliphatic carbocycles. The van der Waals surface area contributed by atoms with Crippen LogP contribution in [0.4, 0.5) is 0 Å². The molecule has 0 aromatic heterocycles. The van der Waals surface area contributed by atoms with Gasteiger partial charge < -0.3 is 20.3 Å². The summed E-state index contributed by atoms with van der Waals surface area (Å²) in [5.74, 6) is -1.03. The summed E-state index contributed by atoms with van der Waals surface area (Å²) in [6.07, 6.45) is -1.49. The van der Waals surface area contributed by atoms with Crippen LogP contribution in [0, 0.1) is 13.8 Å². The van der Waals surface area contributed by atoms with Gasteiger partial charge in [-0.15, -0.1) is 0 Å². The van der Waals surface area contributed by atoms with Gasteiger partial charge in [0.15, 0.2) is 6.10 Å². The van der Waals surface area contributed by atoms with Crippen LogP contribution >= 0.6 is 0 Å². The first-order valence-electron chi connectivity index (χ1n) is 6.27. The number of rotatable bonds is 7. The predicted molar refractivity (Wildman–Crippen MR) is 72.7 cm³/mol. The van der Waals surface area contributed by atoms with Crippen molar-refractivity contribution >= 4 is 11.9 Å². The number of amides is 1. The maximum Gasteiger partial charge on any atom is 0.334 e. The molecule has 20 heavy (non-hydrogen) atoms.